The summed E-state index contributed by atoms with van der Waals surface area (Å²) in [4.78, 5) is 28.3. The van der Waals surface area contributed by atoms with E-state index in [0.717, 1.165) is 5.75 Å². The van der Waals surface area contributed by atoms with Gasteiger partial charge in [-0.2, -0.15) is 0 Å². The second-order valence-electron chi connectivity index (χ2n) is 6.64. The van der Waals surface area contributed by atoms with E-state index in [9.17, 15) is 9.59 Å². The van der Waals surface area contributed by atoms with Crippen molar-refractivity contribution in [3.05, 3.63) is 53.6 Å². The number of likely N-dealkylation sites (N-methyl/N-ethyl adjacent to an activating group) is 1. The molecule has 0 aliphatic carbocycles. The van der Waals surface area contributed by atoms with Gasteiger partial charge >= 0.3 is 0 Å². The Balaban J connectivity index is 1.52. The average Bonchev–Trinajstić information content (AvgIpc) is 3.09. The van der Waals surface area contributed by atoms with Crippen LogP contribution in [0.4, 0.5) is 5.69 Å². The van der Waals surface area contributed by atoms with Crippen LogP contribution in [0, 0.1) is 5.92 Å². The van der Waals surface area contributed by atoms with Crippen molar-refractivity contribution in [1.82, 2.24) is 4.90 Å². The number of carbonyl (C=O) groups excluding carboxylic acids is 2. The molecule has 2 aromatic carbocycles. The summed E-state index contributed by atoms with van der Waals surface area (Å²) >= 11 is 6.19. The summed E-state index contributed by atoms with van der Waals surface area (Å²) < 4.78 is 10.8. The maximum absolute atomic E-state index is 12.7. The molecule has 0 saturated carbocycles. The number of anilines is 1. The molecule has 28 heavy (non-hydrogen) atoms. The second-order valence-corrected chi connectivity index (χ2v) is 7.05. The van der Waals surface area contributed by atoms with Gasteiger partial charge in [0, 0.05) is 20.0 Å². The molecule has 0 N–H and O–H groups in total. The third-order valence-electron chi connectivity index (χ3n) is 4.75. The Morgan fingerprint density at radius 3 is 2.54 bits per heavy atom. The van der Waals surface area contributed by atoms with E-state index in [1.165, 1.54) is 0 Å². The zero-order valence-corrected chi connectivity index (χ0v) is 16.7. The third kappa shape index (κ3) is 4.57. The van der Waals surface area contributed by atoms with Gasteiger partial charge in [0.2, 0.25) is 11.8 Å². The van der Waals surface area contributed by atoms with Crippen molar-refractivity contribution in [1.29, 1.82) is 0 Å². The molecule has 2 amide bonds. The van der Waals surface area contributed by atoms with E-state index in [-0.39, 0.29) is 24.2 Å². The fraction of sp³-hybridized carbons (Fsp3) is 0.333. The summed E-state index contributed by atoms with van der Waals surface area (Å²) in [6.45, 7) is 1.14. The molecule has 1 saturated heterocycles. The lowest BCUT2D eigenvalue weighted by molar-refractivity contribution is -0.134. The van der Waals surface area contributed by atoms with Crippen LogP contribution in [-0.4, -0.2) is 50.6 Å². The van der Waals surface area contributed by atoms with Gasteiger partial charge in [-0.3, -0.25) is 9.59 Å². The lowest BCUT2D eigenvalue weighted by Crippen LogP contribution is -2.37. The zero-order chi connectivity index (χ0) is 20.1. The molecule has 148 valence electrons. The van der Waals surface area contributed by atoms with Gasteiger partial charge in [-0.15, -0.1) is 0 Å². The number of hydrogen-bond acceptors (Lipinski definition) is 4. The van der Waals surface area contributed by atoms with Crippen LogP contribution in [-0.2, 0) is 9.59 Å². The number of nitrogens with zero attached hydrogens (tertiary/aromatic N) is 2. The van der Waals surface area contributed by atoms with Crippen LogP contribution in [0.2, 0.25) is 5.02 Å². The highest BCUT2D eigenvalue weighted by molar-refractivity contribution is 6.33. The van der Waals surface area contributed by atoms with Crippen molar-refractivity contribution in [2.45, 2.75) is 6.42 Å². The summed E-state index contributed by atoms with van der Waals surface area (Å²) in [6, 6.07) is 14.4. The molecule has 0 spiro atoms. The lowest BCUT2D eigenvalue weighted by Gasteiger charge is -2.22. The number of hydrogen-bond donors (Lipinski definition) is 0. The molecule has 2 aromatic rings. The molecule has 1 fully saturated rings. The summed E-state index contributed by atoms with van der Waals surface area (Å²) in [5.41, 5.74) is 0.648. The van der Waals surface area contributed by atoms with Crippen molar-refractivity contribution in [3.8, 4) is 11.5 Å². The molecule has 0 aromatic heterocycles. The van der Waals surface area contributed by atoms with Gasteiger partial charge < -0.3 is 19.3 Å². The maximum Gasteiger partial charge on any atom is 0.227 e. The number of benzene rings is 2. The number of amides is 2. The molecule has 0 bridgehead atoms. The van der Waals surface area contributed by atoms with Crippen molar-refractivity contribution < 1.29 is 19.1 Å². The third-order valence-corrected chi connectivity index (χ3v) is 5.07. The number of para-hydroxylation sites is 1. The predicted molar refractivity (Wildman–Crippen MR) is 108 cm³/mol. The highest BCUT2D eigenvalue weighted by Gasteiger charge is 2.37. The molecule has 1 unspecified atom stereocenters. The van der Waals surface area contributed by atoms with Crippen molar-refractivity contribution in [3.63, 3.8) is 0 Å². The van der Waals surface area contributed by atoms with Crippen LogP contribution in [0.15, 0.2) is 48.5 Å². The first-order valence-corrected chi connectivity index (χ1v) is 9.44. The Labute approximate surface area is 169 Å². The van der Waals surface area contributed by atoms with Crippen LogP contribution in [0.1, 0.15) is 6.42 Å². The van der Waals surface area contributed by atoms with Crippen molar-refractivity contribution in [2.24, 2.45) is 5.92 Å². The van der Waals surface area contributed by atoms with E-state index in [1.54, 1.807) is 36.1 Å². The Bertz CT molecular complexity index is 841. The summed E-state index contributed by atoms with van der Waals surface area (Å²) in [7, 11) is 3.33. The average molecular weight is 403 g/mol. The minimum absolute atomic E-state index is 0.0683. The topological polar surface area (TPSA) is 59.1 Å². The fourth-order valence-electron chi connectivity index (χ4n) is 3.17. The molecule has 3 rings (SSSR count). The first-order valence-electron chi connectivity index (χ1n) is 9.06. The number of ether oxygens (including phenoxy) is 2. The van der Waals surface area contributed by atoms with E-state index in [1.807, 2.05) is 36.4 Å². The summed E-state index contributed by atoms with van der Waals surface area (Å²) in [6.07, 6.45) is 0.188. The second kappa shape index (κ2) is 8.97. The number of carbonyl (C=O) groups is 2. The van der Waals surface area contributed by atoms with Gasteiger partial charge in [0.05, 0.1) is 30.3 Å². The quantitative estimate of drug-likeness (QED) is 0.713. The Kier molecular flexibility index (Phi) is 6.41. The van der Waals surface area contributed by atoms with E-state index in [4.69, 9.17) is 21.1 Å². The Morgan fingerprint density at radius 2 is 1.86 bits per heavy atom. The number of rotatable bonds is 7. The van der Waals surface area contributed by atoms with Crippen molar-refractivity contribution >= 4 is 29.1 Å². The van der Waals surface area contributed by atoms with Gasteiger partial charge in [0.15, 0.2) is 0 Å². The zero-order valence-electron chi connectivity index (χ0n) is 15.9. The van der Waals surface area contributed by atoms with Crippen LogP contribution >= 0.6 is 11.6 Å². The fourth-order valence-corrected chi connectivity index (χ4v) is 3.41. The van der Waals surface area contributed by atoms with Crippen LogP contribution in [0.3, 0.4) is 0 Å². The molecule has 1 aliphatic rings. The van der Waals surface area contributed by atoms with E-state index < -0.39 is 0 Å². The molecule has 1 atom stereocenters. The van der Waals surface area contributed by atoms with Gasteiger partial charge in [-0.25, -0.2) is 0 Å². The van der Waals surface area contributed by atoms with Gasteiger partial charge in [-0.1, -0.05) is 23.7 Å². The molecule has 1 heterocycles. The molecule has 0 radical (unpaired) electrons. The van der Waals surface area contributed by atoms with Gasteiger partial charge in [-0.05, 0) is 36.4 Å². The van der Waals surface area contributed by atoms with E-state index >= 15 is 0 Å². The largest absolute Gasteiger partial charge is 0.497 e. The predicted octanol–water partition coefficient (Wildman–Crippen LogP) is 3.24. The Hall–Kier alpha value is -2.73. The van der Waals surface area contributed by atoms with E-state index in [0.29, 0.717) is 36.2 Å². The highest BCUT2D eigenvalue weighted by atomic mass is 35.5. The standard InChI is InChI=1S/C21H23ClN2O4/c1-23(11-12-28-17-9-7-16(27-2)8-10-17)21(26)15-13-20(25)24(14-15)19-6-4-3-5-18(19)22/h3-10,15H,11-14H2,1-2H3. The smallest absolute Gasteiger partial charge is 0.227 e. The normalized spacial score (nSPS) is 16.2. The van der Waals surface area contributed by atoms with Gasteiger partial charge in [0.25, 0.3) is 0 Å². The monoisotopic (exact) mass is 402 g/mol. The number of methoxy groups -OCH3 is 1. The minimum atomic E-state index is -0.380. The molecular formula is C21H23ClN2O4. The van der Waals surface area contributed by atoms with Crippen LogP contribution < -0.4 is 14.4 Å². The SMILES string of the molecule is COc1ccc(OCCN(C)C(=O)C2CC(=O)N(c3ccccc3Cl)C2)cc1. The molecule has 1 aliphatic heterocycles. The van der Waals surface area contributed by atoms with Crippen molar-refractivity contribution in [2.75, 3.05) is 38.8 Å². The summed E-state index contributed by atoms with van der Waals surface area (Å²) in [5, 5.41) is 0.505. The first-order chi connectivity index (χ1) is 13.5. The van der Waals surface area contributed by atoms with Crippen LogP contribution in [0.5, 0.6) is 11.5 Å². The number of halogens is 1. The molecular weight excluding hydrogens is 380 g/mol. The lowest BCUT2D eigenvalue weighted by atomic mass is 10.1. The minimum Gasteiger partial charge on any atom is -0.497 e. The highest BCUT2D eigenvalue weighted by Crippen LogP contribution is 2.31. The molecule has 7 heteroatoms. The first kappa shape index (κ1) is 20.0. The van der Waals surface area contributed by atoms with Gasteiger partial charge in [0.1, 0.15) is 18.1 Å². The summed E-state index contributed by atoms with van der Waals surface area (Å²) in [5.74, 6) is 0.932. The van der Waals surface area contributed by atoms with Crippen LogP contribution in [0.25, 0.3) is 0 Å². The molecule has 6 nitrogen and oxygen atoms in total. The Morgan fingerprint density at radius 1 is 1.18 bits per heavy atom. The maximum atomic E-state index is 12.7. The van der Waals surface area contributed by atoms with E-state index in [2.05, 4.69) is 0 Å².